The maximum Gasteiger partial charge on any atom is 0.231 e. The highest BCUT2D eigenvalue weighted by Crippen LogP contribution is 2.32. The molecule has 0 spiro atoms. The molecule has 1 atom stereocenters. The highest BCUT2D eigenvalue weighted by molar-refractivity contribution is 5.44. The van der Waals surface area contributed by atoms with Gasteiger partial charge in [-0.15, -0.1) is 11.8 Å². The molecule has 0 amide bonds. The fourth-order valence-corrected chi connectivity index (χ4v) is 2.09. The summed E-state index contributed by atoms with van der Waals surface area (Å²) >= 11 is 0. The van der Waals surface area contributed by atoms with E-state index in [2.05, 4.69) is 36.2 Å². The molecule has 1 heterocycles. The normalized spacial score (nSPS) is 13.8. The molecule has 0 aliphatic carbocycles. The van der Waals surface area contributed by atoms with Gasteiger partial charge >= 0.3 is 0 Å². The van der Waals surface area contributed by atoms with E-state index in [4.69, 9.17) is 9.47 Å². The van der Waals surface area contributed by atoms with Crippen molar-refractivity contribution in [1.82, 2.24) is 5.32 Å². The summed E-state index contributed by atoms with van der Waals surface area (Å²) in [7, 11) is 0. The van der Waals surface area contributed by atoms with Gasteiger partial charge in [0.05, 0.1) is 0 Å². The number of hydrogen-bond donors (Lipinski definition) is 1. The Labute approximate surface area is 115 Å². The summed E-state index contributed by atoms with van der Waals surface area (Å²) in [5, 5.41) is 3.48. The summed E-state index contributed by atoms with van der Waals surface area (Å²) in [4.78, 5) is 0. The van der Waals surface area contributed by atoms with E-state index < -0.39 is 0 Å². The van der Waals surface area contributed by atoms with Gasteiger partial charge in [0, 0.05) is 19.0 Å². The van der Waals surface area contributed by atoms with Crippen molar-refractivity contribution in [2.45, 2.75) is 39.2 Å². The Bertz CT molecular complexity index is 473. The van der Waals surface area contributed by atoms with E-state index in [9.17, 15) is 0 Å². The second-order valence-electron chi connectivity index (χ2n) is 4.76. The predicted octanol–water partition coefficient (Wildman–Crippen LogP) is 2.74. The molecule has 0 radical (unpaired) electrons. The quantitative estimate of drug-likeness (QED) is 0.629. The van der Waals surface area contributed by atoms with Gasteiger partial charge in [-0.25, -0.2) is 0 Å². The molecule has 0 aromatic heterocycles. The third-order valence-corrected chi connectivity index (χ3v) is 3.22. The maximum absolute atomic E-state index is 5.38. The van der Waals surface area contributed by atoms with Crippen LogP contribution in [0, 0.1) is 11.8 Å². The van der Waals surface area contributed by atoms with Gasteiger partial charge in [-0.1, -0.05) is 6.07 Å². The average Bonchev–Trinajstić information content (AvgIpc) is 2.89. The number of benzene rings is 1. The summed E-state index contributed by atoms with van der Waals surface area (Å²) < 4.78 is 10.7. The van der Waals surface area contributed by atoms with Gasteiger partial charge in [-0.3, -0.25) is 0 Å². The predicted molar refractivity (Wildman–Crippen MR) is 76.4 cm³/mol. The number of ether oxygens (including phenoxy) is 2. The largest absolute Gasteiger partial charge is 0.454 e. The molecule has 3 heteroatoms. The molecule has 1 aliphatic heterocycles. The lowest BCUT2D eigenvalue weighted by Gasteiger charge is -2.12. The third-order valence-electron chi connectivity index (χ3n) is 3.22. The van der Waals surface area contributed by atoms with Crippen molar-refractivity contribution >= 4 is 0 Å². The van der Waals surface area contributed by atoms with Crippen molar-refractivity contribution in [2.75, 3.05) is 13.3 Å². The van der Waals surface area contributed by atoms with E-state index in [0.717, 1.165) is 37.3 Å². The van der Waals surface area contributed by atoms with E-state index in [1.54, 1.807) is 0 Å². The smallest absolute Gasteiger partial charge is 0.231 e. The number of hydrogen-bond acceptors (Lipinski definition) is 3. The topological polar surface area (TPSA) is 30.5 Å². The molecule has 1 aromatic rings. The van der Waals surface area contributed by atoms with Gasteiger partial charge < -0.3 is 14.8 Å². The second kappa shape index (κ2) is 7.06. The van der Waals surface area contributed by atoms with Crippen molar-refractivity contribution in [3.63, 3.8) is 0 Å². The van der Waals surface area contributed by atoms with Gasteiger partial charge in [0.2, 0.25) is 6.79 Å². The lowest BCUT2D eigenvalue weighted by molar-refractivity contribution is 0.174. The van der Waals surface area contributed by atoms with Crippen molar-refractivity contribution in [3.8, 4) is 23.3 Å². The molecule has 2 rings (SSSR count). The molecule has 1 aromatic carbocycles. The minimum atomic E-state index is 0.342. The summed E-state index contributed by atoms with van der Waals surface area (Å²) in [6.07, 6.45) is 3.08. The first-order chi connectivity index (χ1) is 9.29. The van der Waals surface area contributed by atoms with E-state index in [1.807, 2.05) is 13.0 Å². The Morgan fingerprint density at radius 2 is 2.16 bits per heavy atom. The van der Waals surface area contributed by atoms with Crippen molar-refractivity contribution in [3.05, 3.63) is 23.8 Å². The van der Waals surface area contributed by atoms with E-state index in [0.29, 0.717) is 12.8 Å². The lowest BCUT2D eigenvalue weighted by Crippen LogP contribution is -2.27. The first-order valence-corrected chi connectivity index (χ1v) is 6.81. The molecule has 0 bridgehead atoms. The van der Waals surface area contributed by atoms with Crippen molar-refractivity contribution in [2.24, 2.45) is 0 Å². The molecule has 3 nitrogen and oxygen atoms in total. The molecular formula is C16H21NO2. The number of fused-ring (bicyclic) bond motifs is 1. The summed E-state index contributed by atoms with van der Waals surface area (Å²) in [6.45, 7) is 5.40. The Morgan fingerprint density at radius 1 is 1.32 bits per heavy atom. The van der Waals surface area contributed by atoms with Crippen LogP contribution < -0.4 is 14.8 Å². The van der Waals surface area contributed by atoms with Crippen LogP contribution in [0.5, 0.6) is 11.5 Å². The van der Waals surface area contributed by atoms with Crippen LogP contribution in [0.1, 0.15) is 32.3 Å². The molecule has 0 saturated heterocycles. The first kappa shape index (κ1) is 13.8. The van der Waals surface area contributed by atoms with Crippen LogP contribution in [0.2, 0.25) is 0 Å². The third kappa shape index (κ3) is 4.18. The summed E-state index contributed by atoms with van der Waals surface area (Å²) in [5.74, 6) is 7.70. The van der Waals surface area contributed by atoms with Gasteiger partial charge in [0.25, 0.3) is 0 Å². The second-order valence-corrected chi connectivity index (χ2v) is 4.76. The molecule has 19 heavy (non-hydrogen) atoms. The molecule has 0 fully saturated rings. The van der Waals surface area contributed by atoms with Gasteiger partial charge in [-0.2, -0.15) is 0 Å². The van der Waals surface area contributed by atoms with Crippen LogP contribution in [0.4, 0.5) is 0 Å². The molecule has 0 saturated carbocycles. The highest BCUT2D eigenvalue weighted by atomic mass is 16.7. The van der Waals surface area contributed by atoms with Crippen LogP contribution >= 0.6 is 0 Å². The fraction of sp³-hybridized carbons (Fsp3) is 0.500. The molecule has 1 unspecified atom stereocenters. The lowest BCUT2D eigenvalue weighted by atomic mass is 10.1. The van der Waals surface area contributed by atoms with Crippen LogP contribution in [-0.4, -0.2) is 19.4 Å². The minimum Gasteiger partial charge on any atom is -0.454 e. The zero-order valence-corrected chi connectivity index (χ0v) is 11.7. The van der Waals surface area contributed by atoms with Crippen LogP contribution in [-0.2, 0) is 6.42 Å². The van der Waals surface area contributed by atoms with Crippen molar-refractivity contribution in [1.29, 1.82) is 0 Å². The molecular weight excluding hydrogens is 238 g/mol. The van der Waals surface area contributed by atoms with Crippen LogP contribution in [0.25, 0.3) is 0 Å². The van der Waals surface area contributed by atoms with E-state index in [1.165, 1.54) is 5.56 Å². The number of nitrogens with one attached hydrogen (secondary N) is 1. The molecule has 1 aliphatic rings. The zero-order valence-electron chi connectivity index (χ0n) is 11.7. The van der Waals surface area contributed by atoms with Gasteiger partial charge in [0.15, 0.2) is 11.5 Å². The average molecular weight is 259 g/mol. The Balaban J connectivity index is 1.73. The van der Waals surface area contributed by atoms with E-state index in [-0.39, 0.29) is 0 Å². The molecule has 1 N–H and O–H groups in total. The first-order valence-electron chi connectivity index (χ1n) is 6.81. The zero-order chi connectivity index (χ0) is 13.5. The monoisotopic (exact) mass is 259 g/mol. The van der Waals surface area contributed by atoms with Gasteiger partial charge in [0.1, 0.15) is 0 Å². The SMILES string of the molecule is CC#CCCNC(C)CCc1ccc2c(c1)OCO2. The van der Waals surface area contributed by atoms with E-state index >= 15 is 0 Å². The van der Waals surface area contributed by atoms with Crippen LogP contribution in [0.15, 0.2) is 18.2 Å². The summed E-state index contributed by atoms with van der Waals surface area (Å²) in [5.41, 5.74) is 1.30. The Morgan fingerprint density at radius 3 is 3.00 bits per heavy atom. The number of rotatable bonds is 6. The van der Waals surface area contributed by atoms with Gasteiger partial charge in [-0.05, 0) is 44.4 Å². The number of aryl methyl sites for hydroxylation is 1. The fourth-order valence-electron chi connectivity index (χ4n) is 2.09. The Kier molecular flexibility index (Phi) is 5.11. The highest BCUT2D eigenvalue weighted by Gasteiger charge is 2.13. The van der Waals surface area contributed by atoms with Crippen molar-refractivity contribution < 1.29 is 9.47 Å². The standard InChI is InChI=1S/C16H21NO2/c1-3-4-5-10-17-13(2)6-7-14-8-9-15-16(11-14)19-12-18-15/h8-9,11,13,17H,5-7,10,12H2,1-2H3. The maximum atomic E-state index is 5.38. The Hall–Kier alpha value is -1.66. The minimum absolute atomic E-state index is 0.342. The van der Waals surface area contributed by atoms with Crippen LogP contribution in [0.3, 0.4) is 0 Å². The molecule has 102 valence electrons. The summed E-state index contributed by atoms with van der Waals surface area (Å²) in [6, 6.07) is 6.69.